The lowest BCUT2D eigenvalue weighted by Gasteiger charge is -2.30. The van der Waals surface area contributed by atoms with E-state index in [-0.39, 0.29) is 41.5 Å². The number of rotatable bonds is 6. The van der Waals surface area contributed by atoms with Crippen LogP contribution in [0.3, 0.4) is 0 Å². The quantitative estimate of drug-likeness (QED) is 0.333. The second-order valence-electron chi connectivity index (χ2n) is 9.44. The Labute approximate surface area is 182 Å². The fraction of sp³-hybridized carbons (Fsp3) is 0.542. The molecule has 1 aromatic rings. The Morgan fingerprint density at radius 2 is 1.55 bits per heavy atom. The van der Waals surface area contributed by atoms with E-state index in [1.54, 1.807) is 4.90 Å². The maximum Gasteiger partial charge on any atom is 0.337 e. The number of piperazine rings is 1. The predicted molar refractivity (Wildman–Crippen MR) is 112 cm³/mol. The topological polar surface area (TPSA) is 72.6 Å². The molecule has 2 aliphatic carbocycles. The number of methoxy groups -OCH3 is 1. The number of allylic oxidation sites excluding steroid dienone is 2. The second-order valence-corrected chi connectivity index (χ2v) is 9.44. The zero-order valence-electron chi connectivity index (χ0n) is 18.0. The summed E-state index contributed by atoms with van der Waals surface area (Å²) in [6, 6.07) is 7.65. The van der Waals surface area contributed by atoms with E-state index < -0.39 is 0 Å². The summed E-state index contributed by atoms with van der Waals surface area (Å²) in [5, 5.41) is 0. The number of fused-ring (bicyclic) bond motifs is 5. The normalized spacial score (nSPS) is 33.8. The van der Waals surface area contributed by atoms with Crippen molar-refractivity contribution in [2.24, 2.45) is 23.7 Å². The molecule has 3 fully saturated rings. The Morgan fingerprint density at radius 3 is 2.13 bits per heavy atom. The van der Waals surface area contributed by atoms with Crippen molar-refractivity contribution in [1.29, 1.82) is 0 Å². The molecule has 2 amide bonds. The van der Waals surface area contributed by atoms with Crippen molar-refractivity contribution in [1.82, 2.24) is 4.90 Å². The van der Waals surface area contributed by atoms with Crippen LogP contribution in [-0.2, 0) is 20.9 Å². The first-order chi connectivity index (χ1) is 15.0. The van der Waals surface area contributed by atoms with Crippen LogP contribution in [0.5, 0.6) is 0 Å². The Balaban J connectivity index is 1.08. The number of esters is 1. The van der Waals surface area contributed by atoms with Crippen LogP contribution in [0.4, 0.5) is 0 Å². The smallest absolute Gasteiger partial charge is 0.337 e. The van der Waals surface area contributed by atoms with Crippen molar-refractivity contribution in [3.63, 3.8) is 0 Å². The largest absolute Gasteiger partial charge is 0.465 e. The lowest BCUT2D eigenvalue weighted by Crippen LogP contribution is -3.27. The first kappa shape index (κ1) is 20.4. The summed E-state index contributed by atoms with van der Waals surface area (Å²) in [5.41, 5.74) is 1.79. The van der Waals surface area contributed by atoms with Crippen molar-refractivity contribution in [3.8, 4) is 0 Å². The van der Waals surface area contributed by atoms with Gasteiger partial charge in [0.25, 0.3) is 0 Å². The van der Waals surface area contributed by atoms with Gasteiger partial charge in [0.05, 0.1) is 37.6 Å². The monoisotopic (exact) mass is 425 g/mol. The summed E-state index contributed by atoms with van der Waals surface area (Å²) in [6.07, 6.45) is 5.29. The molecule has 0 radical (unpaired) electrons. The van der Waals surface area contributed by atoms with Gasteiger partial charge >= 0.3 is 5.97 Å². The van der Waals surface area contributed by atoms with E-state index in [9.17, 15) is 14.4 Å². The lowest BCUT2D eigenvalue weighted by molar-refractivity contribution is -1.02. The minimum absolute atomic E-state index is 0.0749. The number of imide groups is 1. The molecular formula is C24H31N3O4+2. The Morgan fingerprint density at radius 1 is 0.968 bits per heavy atom. The molecule has 4 atom stereocenters. The predicted octanol–water partition coefficient (Wildman–Crippen LogP) is -1.44. The number of hydrogen-bond acceptors (Lipinski definition) is 4. The third-order valence-corrected chi connectivity index (χ3v) is 7.74. The Kier molecular flexibility index (Phi) is 5.40. The highest BCUT2D eigenvalue weighted by Gasteiger charge is 2.59. The van der Waals surface area contributed by atoms with Gasteiger partial charge in [-0.2, -0.15) is 0 Å². The molecule has 0 aromatic heterocycles. The number of hydrogen-bond donors (Lipinski definition) is 2. The third-order valence-electron chi connectivity index (χ3n) is 7.74. The molecule has 2 heterocycles. The second kappa shape index (κ2) is 8.20. The van der Waals surface area contributed by atoms with Crippen LogP contribution in [0.2, 0.25) is 0 Å². The molecular weight excluding hydrogens is 394 g/mol. The van der Waals surface area contributed by atoms with Gasteiger partial charge in [0.2, 0.25) is 11.8 Å². The van der Waals surface area contributed by atoms with Crippen LogP contribution in [-0.4, -0.2) is 69.1 Å². The zero-order chi connectivity index (χ0) is 21.5. The van der Waals surface area contributed by atoms with Crippen LogP contribution in [0.25, 0.3) is 0 Å². The molecule has 7 heteroatoms. The van der Waals surface area contributed by atoms with Gasteiger partial charge in [-0.25, -0.2) is 4.79 Å². The van der Waals surface area contributed by atoms with Crippen LogP contribution in [0.15, 0.2) is 36.4 Å². The molecule has 164 valence electrons. The highest BCUT2D eigenvalue weighted by Crippen LogP contribution is 2.52. The Bertz CT molecular complexity index is 874. The average Bonchev–Trinajstić information content (AvgIpc) is 3.48. The van der Waals surface area contributed by atoms with Crippen LogP contribution in [0, 0.1) is 23.7 Å². The Hall–Kier alpha value is -2.51. The van der Waals surface area contributed by atoms with E-state index in [0.717, 1.165) is 45.7 Å². The molecule has 1 saturated carbocycles. The van der Waals surface area contributed by atoms with E-state index >= 15 is 0 Å². The number of carbonyl (C=O) groups excluding carboxylic acids is 3. The molecule has 2 aliphatic heterocycles. The molecule has 31 heavy (non-hydrogen) atoms. The molecule has 0 spiro atoms. The highest BCUT2D eigenvalue weighted by atomic mass is 16.5. The van der Waals surface area contributed by atoms with Gasteiger partial charge in [0.15, 0.2) is 0 Å². The van der Waals surface area contributed by atoms with Crippen LogP contribution in [0.1, 0.15) is 22.3 Å². The first-order valence-corrected chi connectivity index (χ1v) is 11.4. The van der Waals surface area contributed by atoms with Crippen LogP contribution >= 0.6 is 0 Å². The number of amides is 2. The van der Waals surface area contributed by atoms with Crippen molar-refractivity contribution in [3.05, 3.63) is 47.5 Å². The van der Waals surface area contributed by atoms with E-state index in [0.29, 0.717) is 12.1 Å². The third kappa shape index (κ3) is 3.70. The summed E-state index contributed by atoms with van der Waals surface area (Å²) in [4.78, 5) is 41.8. The van der Waals surface area contributed by atoms with Crippen molar-refractivity contribution < 1.29 is 28.9 Å². The zero-order valence-corrected chi connectivity index (χ0v) is 18.0. The molecule has 2 bridgehead atoms. The minimum Gasteiger partial charge on any atom is -0.465 e. The number of likely N-dealkylation sites (tertiary alicyclic amines) is 1. The van der Waals surface area contributed by atoms with E-state index in [1.165, 1.54) is 22.5 Å². The molecule has 0 unspecified atom stereocenters. The fourth-order valence-corrected chi connectivity index (χ4v) is 6.00. The van der Waals surface area contributed by atoms with E-state index in [1.807, 2.05) is 24.3 Å². The van der Waals surface area contributed by atoms with Crippen molar-refractivity contribution in [2.75, 3.05) is 46.4 Å². The van der Waals surface area contributed by atoms with Crippen molar-refractivity contribution in [2.45, 2.75) is 13.0 Å². The number of carbonyl (C=O) groups is 3. The highest BCUT2D eigenvalue weighted by molar-refractivity contribution is 6.06. The molecule has 2 N–H and O–H groups in total. The number of nitrogens with one attached hydrogen (secondary N) is 2. The molecule has 1 aromatic carbocycles. The first-order valence-electron chi connectivity index (χ1n) is 11.4. The van der Waals surface area contributed by atoms with Gasteiger partial charge in [-0.15, -0.1) is 0 Å². The maximum atomic E-state index is 12.8. The van der Waals surface area contributed by atoms with Gasteiger partial charge < -0.3 is 14.5 Å². The number of benzene rings is 1. The van der Waals surface area contributed by atoms with Gasteiger partial charge in [-0.1, -0.05) is 24.3 Å². The van der Waals surface area contributed by atoms with E-state index in [2.05, 4.69) is 12.2 Å². The lowest BCUT2D eigenvalue weighted by atomic mass is 9.85. The SMILES string of the molecule is COC(=O)c1ccc(C[NH+]2CC[NH+](CCN3C(=O)[C@@H]4[C@H](C3=O)[C@@H]3C=C[C@@H]4C3)CC2)cc1. The maximum absolute atomic E-state index is 12.8. The summed E-state index contributed by atoms with van der Waals surface area (Å²) in [5.74, 6) is 0.263. The standard InChI is InChI=1S/C24H29N3O4/c1-31-24(30)17-4-2-16(3-5-17)15-26-10-8-25(9-11-26)12-13-27-22(28)20-18-6-7-19(14-18)21(20)23(27)29/h2-7,18-21H,8-15H2,1H3/p+2/t18-,19-,20-,21+/m1/s1. The van der Waals surface area contributed by atoms with E-state index in [4.69, 9.17) is 4.74 Å². The number of nitrogens with zero attached hydrogens (tertiary/aromatic N) is 1. The molecule has 2 saturated heterocycles. The summed E-state index contributed by atoms with van der Waals surface area (Å²) in [6.45, 7) is 6.57. The van der Waals surface area contributed by atoms with Gasteiger partial charge in [-0.3, -0.25) is 14.5 Å². The summed E-state index contributed by atoms with van der Waals surface area (Å²) >= 11 is 0. The van der Waals surface area contributed by atoms with Crippen molar-refractivity contribution >= 4 is 17.8 Å². The fourth-order valence-electron chi connectivity index (χ4n) is 6.00. The van der Waals surface area contributed by atoms with Gasteiger partial charge in [0.1, 0.15) is 32.7 Å². The molecule has 4 aliphatic rings. The number of quaternary nitrogens is 2. The number of ether oxygens (including phenoxy) is 1. The summed E-state index contributed by atoms with van der Waals surface area (Å²) in [7, 11) is 1.39. The molecule has 7 nitrogen and oxygen atoms in total. The minimum atomic E-state index is -0.307. The van der Waals surface area contributed by atoms with Gasteiger partial charge in [-0.05, 0) is 30.4 Å². The average molecular weight is 426 g/mol. The summed E-state index contributed by atoms with van der Waals surface area (Å²) < 4.78 is 4.75. The molecule has 5 rings (SSSR count). The van der Waals surface area contributed by atoms with Crippen LogP contribution < -0.4 is 9.80 Å². The van der Waals surface area contributed by atoms with Gasteiger partial charge in [0, 0.05) is 5.56 Å².